The Kier molecular flexibility index (Phi) is 4.51. The minimum Gasteiger partial charge on any atom is -0.298 e. The fourth-order valence-electron chi connectivity index (χ4n) is 3.22. The summed E-state index contributed by atoms with van der Waals surface area (Å²) in [5.41, 5.74) is 0. The van der Waals surface area contributed by atoms with Crippen molar-refractivity contribution in [2.24, 2.45) is 0 Å². The Bertz CT molecular complexity index is 298. The summed E-state index contributed by atoms with van der Waals surface area (Å²) in [6.45, 7) is 2.01. The third-order valence-corrected chi connectivity index (χ3v) is 4.39. The van der Waals surface area contributed by atoms with Gasteiger partial charge in [-0.15, -0.1) is 0 Å². The minimum absolute atomic E-state index is 0.0434. The third kappa shape index (κ3) is 2.98. The van der Waals surface area contributed by atoms with Crippen molar-refractivity contribution in [2.75, 3.05) is 27.2 Å². The SMILES string of the molecule is CN1CCCC(=O)C1CC[C@H]1C(=O)CCCN1C. The van der Waals surface area contributed by atoms with Crippen LogP contribution in [-0.2, 0) is 9.59 Å². The summed E-state index contributed by atoms with van der Waals surface area (Å²) in [5, 5.41) is 0. The molecule has 102 valence electrons. The largest absolute Gasteiger partial charge is 0.298 e. The molecule has 0 saturated carbocycles. The molecule has 2 aliphatic rings. The van der Waals surface area contributed by atoms with Crippen molar-refractivity contribution in [3.8, 4) is 0 Å². The van der Waals surface area contributed by atoms with E-state index >= 15 is 0 Å². The number of Topliss-reactive ketones (excluding diaryl/α,β-unsaturated/α-hetero) is 2. The van der Waals surface area contributed by atoms with E-state index in [0.29, 0.717) is 24.4 Å². The van der Waals surface area contributed by atoms with Gasteiger partial charge in [-0.2, -0.15) is 0 Å². The second kappa shape index (κ2) is 5.93. The lowest BCUT2D eigenvalue weighted by Gasteiger charge is -2.35. The first-order valence-electron chi connectivity index (χ1n) is 7.05. The van der Waals surface area contributed by atoms with Crippen molar-refractivity contribution in [3.63, 3.8) is 0 Å². The van der Waals surface area contributed by atoms with Gasteiger partial charge in [0.05, 0.1) is 12.1 Å². The standard InChI is InChI=1S/C14H24N2O2/c1-15-9-3-5-13(17)11(15)7-8-12-14(18)6-4-10-16(12)2/h11-12H,3-10H2,1-2H3/t11-,12?/m0/s1. The van der Waals surface area contributed by atoms with E-state index in [2.05, 4.69) is 9.80 Å². The van der Waals surface area contributed by atoms with Gasteiger partial charge in [0.1, 0.15) is 11.6 Å². The molecule has 0 bridgehead atoms. The van der Waals surface area contributed by atoms with Crippen LogP contribution in [0.5, 0.6) is 0 Å². The maximum Gasteiger partial charge on any atom is 0.150 e. The summed E-state index contributed by atoms with van der Waals surface area (Å²) in [6.07, 6.45) is 5.04. The van der Waals surface area contributed by atoms with E-state index in [1.165, 1.54) is 0 Å². The molecule has 18 heavy (non-hydrogen) atoms. The zero-order valence-electron chi connectivity index (χ0n) is 11.5. The molecule has 0 amide bonds. The van der Waals surface area contributed by atoms with Crippen LogP contribution in [0.2, 0.25) is 0 Å². The first-order chi connectivity index (χ1) is 8.59. The van der Waals surface area contributed by atoms with E-state index in [9.17, 15) is 9.59 Å². The van der Waals surface area contributed by atoms with Crippen molar-refractivity contribution < 1.29 is 9.59 Å². The van der Waals surface area contributed by atoms with E-state index in [1.807, 2.05) is 14.1 Å². The summed E-state index contributed by atoms with van der Waals surface area (Å²) < 4.78 is 0. The average Bonchev–Trinajstić information content (AvgIpc) is 2.31. The van der Waals surface area contributed by atoms with Crippen LogP contribution < -0.4 is 0 Å². The predicted octanol–water partition coefficient (Wildman–Crippen LogP) is 1.09. The van der Waals surface area contributed by atoms with Crippen molar-refractivity contribution in [1.29, 1.82) is 0 Å². The molecule has 2 saturated heterocycles. The number of rotatable bonds is 3. The summed E-state index contributed by atoms with van der Waals surface area (Å²) in [4.78, 5) is 28.1. The summed E-state index contributed by atoms with van der Waals surface area (Å²) in [5.74, 6) is 0.712. The predicted molar refractivity (Wildman–Crippen MR) is 70.6 cm³/mol. The van der Waals surface area contributed by atoms with Crippen LogP contribution in [0.4, 0.5) is 0 Å². The number of hydrogen-bond donors (Lipinski definition) is 0. The molecule has 0 radical (unpaired) electrons. The first kappa shape index (κ1) is 13.7. The van der Waals surface area contributed by atoms with Gasteiger partial charge in [0.25, 0.3) is 0 Å². The lowest BCUT2D eigenvalue weighted by atomic mass is 9.91. The van der Waals surface area contributed by atoms with Crippen LogP contribution >= 0.6 is 0 Å². The molecule has 0 spiro atoms. The lowest BCUT2D eigenvalue weighted by Crippen LogP contribution is -2.47. The highest BCUT2D eigenvalue weighted by Crippen LogP contribution is 2.21. The molecule has 0 aromatic heterocycles. The third-order valence-electron chi connectivity index (χ3n) is 4.39. The second-order valence-electron chi connectivity index (χ2n) is 5.71. The minimum atomic E-state index is 0.0434. The highest BCUT2D eigenvalue weighted by molar-refractivity contribution is 5.86. The van der Waals surface area contributed by atoms with Gasteiger partial charge < -0.3 is 0 Å². The number of carbonyl (C=O) groups is 2. The molecule has 0 aromatic carbocycles. The molecule has 0 N–H and O–H groups in total. The number of carbonyl (C=O) groups excluding carboxylic acids is 2. The smallest absolute Gasteiger partial charge is 0.150 e. The normalized spacial score (nSPS) is 31.9. The van der Waals surface area contributed by atoms with Crippen LogP contribution in [0, 0.1) is 0 Å². The molecule has 2 aliphatic heterocycles. The molecule has 4 nitrogen and oxygen atoms in total. The Balaban J connectivity index is 1.89. The van der Waals surface area contributed by atoms with E-state index in [0.717, 1.165) is 38.8 Å². The number of nitrogens with zero attached hydrogens (tertiary/aromatic N) is 2. The second-order valence-corrected chi connectivity index (χ2v) is 5.71. The van der Waals surface area contributed by atoms with E-state index < -0.39 is 0 Å². The molecular formula is C14H24N2O2. The Morgan fingerprint density at radius 3 is 1.61 bits per heavy atom. The molecule has 4 heteroatoms. The summed E-state index contributed by atoms with van der Waals surface area (Å²) in [7, 11) is 4.04. The monoisotopic (exact) mass is 252 g/mol. The van der Waals surface area contributed by atoms with Crippen molar-refractivity contribution in [2.45, 2.75) is 50.6 Å². The Morgan fingerprint density at radius 2 is 1.28 bits per heavy atom. The van der Waals surface area contributed by atoms with Crippen LogP contribution in [-0.4, -0.2) is 60.6 Å². The topological polar surface area (TPSA) is 40.6 Å². The van der Waals surface area contributed by atoms with Gasteiger partial charge >= 0.3 is 0 Å². The van der Waals surface area contributed by atoms with Crippen molar-refractivity contribution in [3.05, 3.63) is 0 Å². The zero-order chi connectivity index (χ0) is 13.1. The van der Waals surface area contributed by atoms with Crippen LogP contribution in [0.25, 0.3) is 0 Å². The Labute approximate surface area is 109 Å². The fraction of sp³-hybridized carbons (Fsp3) is 0.857. The number of likely N-dealkylation sites (N-methyl/N-ethyl adjacent to an activating group) is 2. The van der Waals surface area contributed by atoms with Crippen molar-refractivity contribution >= 4 is 11.6 Å². The summed E-state index contributed by atoms with van der Waals surface area (Å²) in [6, 6.07) is 0.0868. The molecule has 2 fully saturated rings. The van der Waals surface area contributed by atoms with Gasteiger partial charge in [-0.1, -0.05) is 0 Å². The molecule has 2 rings (SSSR count). The molecule has 1 unspecified atom stereocenters. The van der Waals surface area contributed by atoms with E-state index in [4.69, 9.17) is 0 Å². The lowest BCUT2D eigenvalue weighted by molar-refractivity contribution is -0.129. The molecule has 0 aromatic rings. The number of likely N-dealkylation sites (tertiary alicyclic amines) is 2. The first-order valence-corrected chi connectivity index (χ1v) is 7.05. The number of ketones is 2. The molecular weight excluding hydrogens is 228 g/mol. The maximum atomic E-state index is 11.9. The van der Waals surface area contributed by atoms with Crippen LogP contribution in [0.1, 0.15) is 38.5 Å². The highest BCUT2D eigenvalue weighted by Gasteiger charge is 2.31. The van der Waals surface area contributed by atoms with Crippen LogP contribution in [0.15, 0.2) is 0 Å². The highest BCUT2D eigenvalue weighted by atomic mass is 16.1. The van der Waals surface area contributed by atoms with Gasteiger partial charge in [0, 0.05) is 12.8 Å². The van der Waals surface area contributed by atoms with Gasteiger partial charge in [0.2, 0.25) is 0 Å². The van der Waals surface area contributed by atoms with Crippen LogP contribution in [0.3, 0.4) is 0 Å². The average molecular weight is 252 g/mol. The zero-order valence-corrected chi connectivity index (χ0v) is 11.5. The van der Waals surface area contributed by atoms with Gasteiger partial charge in [-0.3, -0.25) is 19.4 Å². The fourth-order valence-corrected chi connectivity index (χ4v) is 3.22. The molecule has 0 aliphatic carbocycles. The maximum absolute atomic E-state index is 11.9. The van der Waals surface area contributed by atoms with Gasteiger partial charge in [0.15, 0.2) is 0 Å². The van der Waals surface area contributed by atoms with E-state index in [-0.39, 0.29) is 12.1 Å². The quantitative estimate of drug-likeness (QED) is 0.754. The molecule has 2 atom stereocenters. The van der Waals surface area contributed by atoms with E-state index in [1.54, 1.807) is 0 Å². The summed E-state index contributed by atoms with van der Waals surface area (Å²) >= 11 is 0. The van der Waals surface area contributed by atoms with Gasteiger partial charge in [-0.05, 0) is 52.9 Å². The Hall–Kier alpha value is -0.740. The van der Waals surface area contributed by atoms with Gasteiger partial charge in [-0.25, -0.2) is 0 Å². The number of piperidine rings is 2. The Morgan fingerprint density at radius 1 is 0.889 bits per heavy atom. The molecule has 2 heterocycles. The number of hydrogen-bond acceptors (Lipinski definition) is 4. The van der Waals surface area contributed by atoms with Crippen molar-refractivity contribution in [1.82, 2.24) is 9.80 Å².